The Balaban J connectivity index is 1.42. The molecule has 43 heavy (non-hydrogen) atoms. The summed E-state index contributed by atoms with van der Waals surface area (Å²) < 4.78 is 13.9. The van der Waals surface area contributed by atoms with Gasteiger partial charge in [-0.25, -0.2) is 4.68 Å². The van der Waals surface area contributed by atoms with E-state index in [2.05, 4.69) is 10.6 Å². The van der Waals surface area contributed by atoms with Crippen LogP contribution in [0.3, 0.4) is 0 Å². The smallest absolute Gasteiger partial charge is 0.255 e. The van der Waals surface area contributed by atoms with Gasteiger partial charge in [-0.15, -0.1) is 5.10 Å². The van der Waals surface area contributed by atoms with Crippen LogP contribution < -0.4 is 20.1 Å². The maximum Gasteiger partial charge on any atom is 0.255 e. The first-order valence-electron chi connectivity index (χ1n) is 14.0. The highest BCUT2D eigenvalue weighted by atomic mass is 35.5. The molecule has 4 aromatic carbocycles. The van der Waals surface area contributed by atoms with Gasteiger partial charge in [-0.1, -0.05) is 78.3 Å². The van der Waals surface area contributed by atoms with Crippen LogP contribution in [-0.4, -0.2) is 27.3 Å². The van der Waals surface area contributed by atoms with Crippen LogP contribution in [0.25, 0.3) is 11.4 Å². The van der Waals surface area contributed by atoms with Crippen molar-refractivity contribution in [2.75, 3.05) is 17.2 Å². The highest BCUT2D eigenvalue weighted by Crippen LogP contribution is 2.40. The van der Waals surface area contributed by atoms with Crippen molar-refractivity contribution in [3.63, 3.8) is 0 Å². The molecule has 2 N–H and O–H groups in total. The Morgan fingerprint density at radius 1 is 0.930 bits per heavy atom. The van der Waals surface area contributed by atoms with Crippen LogP contribution in [0.15, 0.2) is 114 Å². The predicted molar refractivity (Wildman–Crippen MR) is 168 cm³/mol. The van der Waals surface area contributed by atoms with Crippen LogP contribution >= 0.6 is 11.6 Å². The summed E-state index contributed by atoms with van der Waals surface area (Å²) in [5.41, 5.74) is 4.36. The van der Waals surface area contributed by atoms with E-state index in [-0.39, 0.29) is 5.91 Å². The lowest BCUT2D eigenvalue weighted by Crippen LogP contribution is -2.31. The summed E-state index contributed by atoms with van der Waals surface area (Å²) in [6, 6.07) is 31.8. The second-order valence-electron chi connectivity index (χ2n) is 9.98. The predicted octanol–water partition coefficient (Wildman–Crippen LogP) is 7.50. The van der Waals surface area contributed by atoms with Crippen molar-refractivity contribution < 1.29 is 14.3 Å². The van der Waals surface area contributed by atoms with Crippen molar-refractivity contribution in [2.24, 2.45) is 0 Å². The summed E-state index contributed by atoms with van der Waals surface area (Å²) in [6.07, 6.45) is 0. The molecule has 0 bridgehead atoms. The van der Waals surface area contributed by atoms with Crippen molar-refractivity contribution in [3.05, 3.63) is 131 Å². The molecule has 2 heterocycles. The molecule has 0 saturated carbocycles. The number of nitrogens with one attached hydrogen (secondary N) is 2. The number of amides is 1. The summed E-state index contributed by atoms with van der Waals surface area (Å²) in [6.45, 7) is 4.62. The summed E-state index contributed by atoms with van der Waals surface area (Å²) in [5.74, 6) is 1.86. The van der Waals surface area contributed by atoms with Crippen LogP contribution in [0, 0.1) is 0 Å². The number of anilines is 2. The Bertz CT molecular complexity index is 1790. The molecule has 9 heteroatoms. The number of fused-ring (bicyclic) bond motifs is 1. The van der Waals surface area contributed by atoms with Crippen molar-refractivity contribution >= 4 is 29.1 Å². The van der Waals surface area contributed by atoms with E-state index in [0.717, 1.165) is 11.1 Å². The minimum absolute atomic E-state index is 0.260. The zero-order valence-corrected chi connectivity index (χ0v) is 24.5. The molecule has 1 aromatic heterocycles. The number of para-hydroxylation sites is 1. The van der Waals surface area contributed by atoms with E-state index in [1.807, 2.05) is 111 Å². The van der Waals surface area contributed by atoms with E-state index in [1.165, 1.54) is 0 Å². The highest BCUT2D eigenvalue weighted by molar-refractivity contribution is 6.33. The van der Waals surface area contributed by atoms with Gasteiger partial charge in [0, 0.05) is 16.9 Å². The first kappa shape index (κ1) is 28.1. The first-order valence-corrected chi connectivity index (χ1v) is 14.4. The topological polar surface area (TPSA) is 90.3 Å². The molecular formula is C34H30ClN5O3. The molecule has 0 aliphatic carbocycles. The van der Waals surface area contributed by atoms with E-state index in [1.54, 1.807) is 10.7 Å². The minimum atomic E-state index is -0.619. The fourth-order valence-electron chi connectivity index (χ4n) is 5.05. The van der Waals surface area contributed by atoms with Gasteiger partial charge >= 0.3 is 0 Å². The number of rotatable bonds is 9. The zero-order chi connectivity index (χ0) is 29.8. The molecule has 0 fully saturated rings. The molecule has 5 aromatic rings. The molecule has 0 spiro atoms. The lowest BCUT2D eigenvalue weighted by Gasteiger charge is -2.29. The fraction of sp³-hybridized carbons (Fsp3) is 0.147. The van der Waals surface area contributed by atoms with Gasteiger partial charge in [0.1, 0.15) is 12.6 Å². The van der Waals surface area contributed by atoms with Gasteiger partial charge in [0.2, 0.25) is 5.95 Å². The van der Waals surface area contributed by atoms with E-state index < -0.39 is 6.04 Å². The second kappa shape index (κ2) is 12.4. The Labute approximate surface area is 255 Å². The third-order valence-electron chi connectivity index (χ3n) is 7.06. The molecule has 216 valence electrons. The molecule has 1 unspecified atom stereocenters. The Kier molecular flexibility index (Phi) is 8.11. The lowest BCUT2D eigenvalue weighted by molar-refractivity contribution is -0.113. The van der Waals surface area contributed by atoms with Crippen LogP contribution in [0.4, 0.5) is 11.6 Å². The Morgan fingerprint density at radius 2 is 1.65 bits per heavy atom. The third-order valence-corrected chi connectivity index (χ3v) is 7.39. The average molecular weight is 592 g/mol. The van der Waals surface area contributed by atoms with Crippen LogP contribution in [0.1, 0.15) is 31.0 Å². The van der Waals surface area contributed by atoms with E-state index in [9.17, 15) is 4.79 Å². The second-order valence-corrected chi connectivity index (χ2v) is 10.4. The number of ether oxygens (including phenoxy) is 2. The summed E-state index contributed by atoms with van der Waals surface area (Å²) in [5, 5.41) is 11.7. The van der Waals surface area contributed by atoms with Gasteiger partial charge < -0.3 is 20.1 Å². The van der Waals surface area contributed by atoms with Crippen LogP contribution in [0.2, 0.25) is 5.02 Å². The molecule has 1 aliphatic heterocycles. The Morgan fingerprint density at radius 3 is 2.40 bits per heavy atom. The fourth-order valence-corrected chi connectivity index (χ4v) is 5.27. The maximum atomic E-state index is 13.9. The summed E-state index contributed by atoms with van der Waals surface area (Å²) in [4.78, 5) is 18.7. The molecule has 1 amide bonds. The number of benzene rings is 4. The molecule has 0 saturated heterocycles. The van der Waals surface area contributed by atoms with Crippen LogP contribution in [-0.2, 0) is 11.4 Å². The molecule has 6 rings (SSSR count). The number of carbonyl (C=O) groups excluding carboxylic acids is 1. The van der Waals surface area contributed by atoms with Gasteiger partial charge in [0.15, 0.2) is 17.3 Å². The Hall–Kier alpha value is -5.08. The lowest BCUT2D eigenvalue weighted by atomic mass is 9.94. The van der Waals surface area contributed by atoms with Gasteiger partial charge in [-0.05, 0) is 61.4 Å². The number of carbonyl (C=O) groups is 1. The highest BCUT2D eigenvalue weighted by Gasteiger charge is 2.35. The van der Waals surface area contributed by atoms with Crippen LogP contribution in [0.5, 0.6) is 11.5 Å². The normalized spacial score (nSPS) is 14.1. The average Bonchev–Trinajstić information content (AvgIpc) is 3.44. The maximum absolute atomic E-state index is 13.9. The zero-order valence-electron chi connectivity index (χ0n) is 23.8. The quantitative estimate of drug-likeness (QED) is 0.184. The van der Waals surface area contributed by atoms with Gasteiger partial charge in [-0.2, -0.15) is 4.98 Å². The van der Waals surface area contributed by atoms with Crippen molar-refractivity contribution in [3.8, 4) is 22.9 Å². The number of hydrogen-bond acceptors (Lipinski definition) is 6. The van der Waals surface area contributed by atoms with Crippen molar-refractivity contribution in [1.29, 1.82) is 0 Å². The number of hydrogen-bond donors (Lipinski definition) is 2. The monoisotopic (exact) mass is 591 g/mol. The molecule has 0 radical (unpaired) electrons. The molecule has 1 atom stereocenters. The molecular weight excluding hydrogens is 562 g/mol. The SMILES string of the molecule is CCOc1cc(C2C(C(=O)Nc3ccccc3)=C(C)Nc3nc(-c4ccccc4Cl)nn32)ccc1OCc1ccccc1. The minimum Gasteiger partial charge on any atom is -0.490 e. The number of allylic oxidation sites excluding steroid dienone is 1. The summed E-state index contributed by atoms with van der Waals surface area (Å²) in [7, 11) is 0. The molecule has 1 aliphatic rings. The van der Waals surface area contributed by atoms with Gasteiger partial charge in [-0.3, -0.25) is 4.79 Å². The van der Waals surface area contributed by atoms with Crippen molar-refractivity contribution in [2.45, 2.75) is 26.5 Å². The number of halogens is 1. The van der Waals surface area contributed by atoms with Crippen molar-refractivity contribution in [1.82, 2.24) is 14.8 Å². The van der Waals surface area contributed by atoms with Gasteiger partial charge in [0.05, 0.1) is 17.2 Å². The standard InChI is InChI=1S/C34H30ClN5O3/c1-3-42-29-20-24(18-19-28(29)43-21-23-12-6-4-7-13-23)31-30(33(41)37-25-14-8-5-9-15-25)22(2)36-34-38-32(39-40(31)34)26-16-10-11-17-27(26)35/h4-20,31H,3,21H2,1-2H3,(H,37,41)(H,36,38,39). The number of aromatic nitrogens is 3. The third kappa shape index (κ3) is 5.96. The first-order chi connectivity index (χ1) is 21.0. The molecule has 8 nitrogen and oxygen atoms in total. The largest absolute Gasteiger partial charge is 0.490 e. The van der Waals surface area contributed by atoms with E-state index >= 15 is 0 Å². The summed E-state index contributed by atoms with van der Waals surface area (Å²) >= 11 is 6.51. The number of nitrogens with zero attached hydrogens (tertiary/aromatic N) is 3. The van der Waals surface area contributed by atoms with Gasteiger partial charge in [0.25, 0.3) is 5.91 Å². The van der Waals surface area contributed by atoms with E-state index in [0.29, 0.717) is 64.0 Å². The van der Waals surface area contributed by atoms with E-state index in [4.69, 9.17) is 31.2 Å².